The van der Waals surface area contributed by atoms with Crippen molar-refractivity contribution in [2.24, 2.45) is 4.99 Å². The second-order valence-corrected chi connectivity index (χ2v) is 6.31. The average molecular weight is 312 g/mol. The van der Waals surface area contributed by atoms with Crippen LogP contribution in [0, 0.1) is 0 Å². The Labute approximate surface area is 137 Å². The molecule has 116 valence electrons. The smallest absolute Gasteiger partial charge is 0.0979 e. The first-order valence-corrected chi connectivity index (χ1v) is 8.60. The molecule has 1 aliphatic carbocycles. The second kappa shape index (κ2) is 8.54. The van der Waals surface area contributed by atoms with Crippen LogP contribution < -0.4 is 5.32 Å². The maximum Gasteiger partial charge on any atom is 0.0979 e. The Kier molecular flexibility index (Phi) is 6.41. The first-order valence-electron chi connectivity index (χ1n) is 7.72. The van der Waals surface area contributed by atoms with E-state index in [-0.39, 0.29) is 0 Å². The lowest BCUT2D eigenvalue weighted by Gasteiger charge is -2.09. The summed E-state index contributed by atoms with van der Waals surface area (Å²) in [7, 11) is 0. The molecule has 0 saturated carbocycles. The maximum atomic E-state index is 4.64. The van der Waals surface area contributed by atoms with Crippen LogP contribution in [0.4, 0.5) is 0 Å². The number of hydrogen-bond donors (Lipinski definition) is 1. The van der Waals surface area contributed by atoms with Gasteiger partial charge in [0.1, 0.15) is 0 Å². The van der Waals surface area contributed by atoms with E-state index in [1.165, 1.54) is 17.6 Å². The Morgan fingerprint density at radius 2 is 2.36 bits per heavy atom. The van der Waals surface area contributed by atoms with Gasteiger partial charge in [0.05, 0.1) is 12.4 Å². The Hall–Kier alpha value is -1.87. The van der Waals surface area contributed by atoms with Crippen molar-refractivity contribution in [3.05, 3.63) is 64.4 Å². The lowest BCUT2D eigenvalue weighted by Crippen LogP contribution is -2.18. The third kappa shape index (κ3) is 5.15. The standard InChI is InChI=1S/C19H24N2S/c1-4-17-9-6-5-7-10-18(13-17)14-20-16(3)21-15(2)19-11-8-12-22-19/h4,7-8,10-13H,2,5-6,9,14H2,1,3H3,(H,20,21)/b10-7-,17-4+,18-13+. The number of nitrogens with zero attached hydrogens (tertiary/aromatic N) is 1. The van der Waals surface area contributed by atoms with Crippen molar-refractivity contribution in [1.82, 2.24) is 5.32 Å². The van der Waals surface area contributed by atoms with Gasteiger partial charge in [-0.1, -0.05) is 42.5 Å². The van der Waals surface area contributed by atoms with E-state index in [0.717, 1.165) is 29.3 Å². The van der Waals surface area contributed by atoms with Gasteiger partial charge in [0.25, 0.3) is 0 Å². The van der Waals surface area contributed by atoms with Crippen molar-refractivity contribution in [3.8, 4) is 0 Å². The molecule has 2 rings (SSSR count). The Bertz CT molecular complexity index is 616. The van der Waals surface area contributed by atoms with Crippen LogP contribution in [0.1, 0.15) is 38.0 Å². The third-order valence-corrected chi connectivity index (χ3v) is 4.49. The molecule has 1 N–H and O–H groups in total. The summed E-state index contributed by atoms with van der Waals surface area (Å²) < 4.78 is 0. The van der Waals surface area contributed by atoms with Crippen LogP contribution in [-0.4, -0.2) is 12.4 Å². The molecule has 0 spiro atoms. The molecule has 0 atom stereocenters. The molecule has 0 unspecified atom stereocenters. The summed E-state index contributed by atoms with van der Waals surface area (Å²) in [6.45, 7) is 8.86. The zero-order valence-corrected chi connectivity index (χ0v) is 14.2. The van der Waals surface area contributed by atoms with Gasteiger partial charge in [-0.15, -0.1) is 11.3 Å². The highest BCUT2D eigenvalue weighted by Crippen LogP contribution is 2.17. The molecule has 0 aliphatic heterocycles. The summed E-state index contributed by atoms with van der Waals surface area (Å²) in [6.07, 6.45) is 12.4. The van der Waals surface area contributed by atoms with Gasteiger partial charge in [-0.05, 0) is 50.1 Å². The van der Waals surface area contributed by atoms with Crippen molar-refractivity contribution in [2.75, 3.05) is 6.54 Å². The van der Waals surface area contributed by atoms with Gasteiger partial charge in [0, 0.05) is 10.6 Å². The van der Waals surface area contributed by atoms with Crippen molar-refractivity contribution >= 4 is 22.9 Å². The molecule has 1 heterocycles. The van der Waals surface area contributed by atoms with Crippen molar-refractivity contribution in [3.63, 3.8) is 0 Å². The Morgan fingerprint density at radius 3 is 3.09 bits per heavy atom. The van der Waals surface area contributed by atoms with E-state index in [9.17, 15) is 0 Å². The number of rotatable bonds is 4. The molecule has 0 bridgehead atoms. The molecule has 0 radical (unpaired) electrons. The van der Waals surface area contributed by atoms with Gasteiger partial charge < -0.3 is 5.32 Å². The van der Waals surface area contributed by atoms with Crippen LogP contribution in [0.2, 0.25) is 0 Å². The predicted molar refractivity (Wildman–Crippen MR) is 99.3 cm³/mol. The van der Waals surface area contributed by atoms with Gasteiger partial charge >= 0.3 is 0 Å². The maximum absolute atomic E-state index is 4.64. The molecule has 0 saturated heterocycles. The van der Waals surface area contributed by atoms with Crippen molar-refractivity contribution in [1.29, 1.82) is 0 Å². The fourth-order valence-electron chi connectivity index (χ4n) is 2.32. The molecule has 2 nitrogen and oxygen atoms in total. The van der Waals surface area contributed by atoms with Crippen LogP contribution in [0.5, 0.6) is 0 Å². The van der Waals surface area contributed by atoms with E-state index in [1.807, 2.05) is 13.0 Å². The van der Waals surface area contributed by atoms with E-state index < -0.39 is 0 Å². The molecule has 3 heteroatoms. The molecule has 22 heavy (non-hydrogen) atoms. The van der Waals surface area contributed by atoms with Crippen LogP contribution in [0.15, 0.2) is 64.5 Å². The van der Waals surface area contributed by atoms with Crippen LogP contribution in [-0.2, 0) is 0 Å². The zero-order chi connectivity index (χ0) is 15.8. The molecule has 1 aromatic heterocycles. The molecule has 0 amide bonds. The molecule has 1 aliphatic rings. The van der Waals surface area contributed by atoms with Crippen LogP contribution in [0.25, 0.3) is 5.70 Å². The highest BCUT2D eigenvalue weighted by molar-refractivity contribution is 7.11. The van der Waals surface area contributed by atoms with E-state index in [4.69, 9.17) is 0 Å². The highest BCUT2D eigenvalue weighted by Gasteiger charge is 2.02. The minimum Gasteiger partial charge on any atom is -0.344 e. The fraction of sp³-hybridized carbons (Fsp3) is 0.316. The number of hydrogen-bond acceptors (Lipinski definition) is 2. The van der Waals surface area contributed by atoms with E-state index in [1.54, 1.807) is 11.3 Å². The summed E-state index contributed by atoms with van der Waals surface area (Å²) in [5, 5.41) is 5.33. The quantitative estimate of drug-likeness (QED) is 0.589. The third-order valence-electron chi connectivity index (χ3n) is 3.56. The largest absolute Gasteiger partial charge is 0.344 e. The normalized spacial score (nSPS) is 21.6. The number of thiophene rings is 1. The summed E-state index contributed by atoms with van der Waals surface area (Å²) in [5.41, 5.74) is 3.58. The van der Waals surface area contributed by atoms with Gasteiger partial charge in [-0.2, -0.15) is 0 Å². The van der Waals surface area contributed by atoms with Gasteiger partial charge in [-0.3, -0.25) is 4.99 Å². The molecular formula is C19H24N2S. The summed E-state index contributed by atoms with van der Waals surface area (Å²) in [5.74, 6) is 0.900. The summed E-state index contributed by atoms with van der Waals surface area (Å²) in [4.78, 5) is 5.79. The monoisotopic (exact) mass is 312 g/mol. The molecule has 0 fully saturated rings. The minimum absolute atomic E-state index is 0.699. The topological polar surface area (TPSA) is 24.4 Å². The lowest BCUT2D eigenvalue weighted by molar-refractivity contribution is 0.837. The number of nitrogens with one attached hydrogen (secondary N) is 1. The number of amidine groups is 1. The van der Waals surface area contributed by atoms with Crippen LogP contribution >= 0.6 is 11.3 Å². The lowest BCUT2D eigenvalue weighted by atomic mass is 10.0. The van der Waals surface area contributed by atoms with E-state index in [0.29, 0.717) is 6.54 Å². The SMILES string of the molecule is C=C(N/C(C)=N/CC1=C/C(=C/C)CCC/C=C\1)c1cccs1. The van der Waals surface area contributed by atoms with Crippen molar-refractivity contribution < 1.29 is 0 Å². The first kappa shape index (κ1) is 16.5. The second-order valence-electron chi connectivity index (χ2n) is 5.36. The van der Waals surface area contributed by atoms with Gasteiger partial charge in [-0.25, -0.2) is 0 Å². The molecule has 0 aromatic carbocycles. The summed E-state index contributed by atoms with van der Waals surface area (Å²) >= 11 is 1.68. The summed E-state index contributed by atoms with van der Waals surface area (Å²) in [6, 6.07) is 4.09. The molecule has 1 aromatic rings. The predicted octanol–water partition coefficient (Wildman–Crippen LogP) is 5.34. The van der Waals surface area contributed by atoms with Gasteiger partial charge in [0.15, 0.2) is 0 Å². The Morgan fingerprint density at radius 1 is 1.50 bits per heavy atom. The zero-order valence-electron chi connectivity index (χ0n) is 13.4. The van der Waals surface area contributed by atoms with E-state index in [2.05, 4.69) is 59.6 Å². The van der Waals surface area contributed by atoms with Crippen LogP contribution in [0.3, 0.4) is 0 Å². The van der Waals surface area contributed by atoms with Crippen molar-refractivity contribution in [2.45, 2.75) is 33.1 Å². The highest BCUT2D eigenvalue weighted by atomic mass is 32.1. The average Bonchev–Trinajstić information content (AvgIpc) is 3.00. The molecular weight excluding hydrogens is 288 g/mol. The first-order chi connectivity index (χ1) is 10.7. The number of aliphatic imine (C=N–C) groups is 1. The number of allylic oxidation sites excluding steroid dienone is 4. The van der Waals surface area contributed by atoms with E-state index >= 15 is 0 Å². The minimum atomic E-state index is 0.699. The fourth-order valence-corrected chi connectivity index (χ4v) is 2.98. The van der Waals surface area contributed by atoms with Gasteiger partial charge in [0.2, 0.25) is 0 Å². The Balaban J connectivity index is 1.98.